The molecule has 6 heteroatoms. The summed E-state index contributed by atoms with van der Waals surface area (Å²) in [6.45, 7) is 4.94. The summed E-state index contributed by atoms with van der Waals surface area (Å²) in [5.41, 5.74) is 3.64. The maximum Gasteiger partial charge on any atom is 0.307 e. The van der Waals surface area contributed by atoms with Crippen molar-refractivity contribution in [1.82, 2.24) is 14.3 Å². The van der Waals surface area contributed by atoms with Crippen molar-refractivity contribution in [2.75, 3.05) is 19.7 Å². The minimum absolute atomic E-state index is 0.106. The van der Waals surface area contributed by atoms with Gasteiger partial charge in [-0.2, -0.15) is 0 Å². The van der Waals surface area contributed by atoms with Crippen molar-refractivity contribution in [3.05, 3.63) is 34.8 Å². The normalized spacial score (nSPS) is 15.2. The number of hydrogen-bond acceptors (Lipinski definition) is 5. The van der Waals surface area contributed by atoms with E-state index < -0.39 is 0 Å². The van der Waals surface area contributed by atoms with E-state index >= 15 is 0 Å². The van der Waals surface area contributed by atoms with Crippen molar-refractivity contribution in [3.63, 3.8) is 0 Å². The van der Waals surface area contributed by atoms with Crippen molar-refractivity contribution in [3.8, 4) is 0 Å². The predicted octanol–water partition coefficient (Wildman–Crippen LogP) is 2.86. The second-order valence-corrected chi connectivity index (χ2v) is 6.83. The fourth-order valence-corrected chi connectivity index (χ4v) is 4.44. The van der Waals surface area contributed by atoms with Gasteiger partial charge in [0.2, 0.25) is 0 Å². The lowest BCUT2D eigenvalue weighted by molar-refractivity contribution is -0.143. The van der Waals surface area contributed by atoms with Gasteiger partial charge in [-0.3, -0.25) is 14.1 Å². The summed E-state index contributed by atoms with van der Waals surface area (Å²) in [5.74, 6) is -0.106. The molecule has 0 aliphatic carbocycles. The van der Waals surface area contributed by atoms with Crippen molar-refractivity contribution >= 4 is 33.3 Å². The Morgan fingerprint density at radius 1 is 1.39 bits per heavy atom. The molecule has 2 aromatic heterocycles. The molecule has 1 aliphatic rings. The fourth-order valence-electron chi connectivity index (χ4n) is 3.22. The van der Waals surface area contributed by atoms with Crippen LogP contribution < -0.4 is 0 Å². The molecule has 0 fully saturated rings. The molecule has 0 radical (unpaired) electrons. The maximum atomic E-state index is 11.5. The van der Waals surface area contributed by atoms with Crippen molar-refractivity contribution < 1.29 is 9.53 Å². The number of thiazole rings is 1. The summed E-state index contributed by atoms with van der Waals surface area (Å²) < 4.78 is 7.31. The smallest absolute Gasteiger partial charge is 0.307 e. The van der Waals surface area contributed by atoms with E-state index in [9.17, 15) is 4.79 Å². The first-order valence-corrected chi connectivity index (χ1v) is 8.83. The Morgan fingerprint density at radius 2 is 2.26 bits per heavy atom. The fraction of sp³-hybridized carbons (Fsp3) is 0.412. The SMILES string of the molecule is CCOC(=O)CCN1CCc2c(sc3nc4ccccc4n23)C1. The lowest BCUT2D eigenvalue weighted by atomic mass is 10.1. The van der Waals surface area contributed by atoms with Crippen LogP contribution >= 0.6 is 11.3 Å². The average molecular weight is 329 g/mol. The van der Waals surface area contributed by atoms with Gasteiger partial charge in [-0.1, -0.05) is 23.5 Å². The van der Waals surface area contributed by atoms with Crippen molar-refractivity contribution in [1.29, 1.82) is 0 Å². The number of nitrogens with zero attached hydrogens (tertiary/aromatic N) is 3. The Hall–Kier alpha value is -1.92. The molecule has 3 heterocycles. The highest BCUT2D eigenvalue weighted by Crippen LogP contribution is 2.31. The Balaban J connectivity index is 1.56. The first-order valence-electron chi connectivity index (χ1n) is 8.02. The molecule has 0 saturated heterocycles. The molecule has 0 atom stereocenters. The molecule has 0 spiro atoms. The van der Waals surface area contributed by atoms with Gasteiger partial charge in [0.1, 0.15) is 0 Å². The summed E-state index contributed by atoms with van der Waals surface area (Å²) in [4.78, 5) is 21.0. The molecule has 23 heavy (non-hydrogen) atoms. The summed E-state index contributed by atoms with van der Waals surface area (Å²) >= 11 is 1.77. The summed E-state index contributed by atoms with van der Waals surface area (Å²) in [6.07, 6.45) is 1.47. The molecule has 5 nitrogen and oxygen atoms in total. The average Bonchev–Trinajstić information content (AvgIpc) is 3.08. The van der Waals surface area contributed by atoms with E-state index in [4.69, 9.17) is 9.72 Å². The van der Waals surface area contributed by atoms with E-state index in [1.54, 1.807) is 11.3 Å². The van der Waals surface area contributed by atoms with Gasteiger partial charge in [0, 0.05) is 36.6 Å². The number of hydrogen-bond donors (Lipinski definition) is 0. The minimum Gasteiger partial charge on any atom is -0.466 e. The summed E-state index contributed by atoms with van der Waals surface area (Å²) in [6, 6.07) is 8.30. The highest BCUT2D eigenvalue weighted by Gasteiger charge is 2.23. The standard InChI is InChI=1S/C17H19N3O2S/c1-2-22-16(21)8-10-19-9-7-14-15(11-19)23-17-18-12-5-3-4-6-13(12)20(14)17/h3-6H,2,7-11H2,1H3. The molecule has 120 valence electrons. The molecule has 1 aromatic carbocycles. The zero-order chi connectivity index (χ0) is 15.8. The molecule has 0 amide bonds. The van der Waals surface area contributed by atoms with E-state index in [1.165, 1.54) is 16.1 Å². The molecule has 0 saturated carbocycles. The van der Waals surface area contributed by atoms with Gasteiger partial charge in [-0.05, 0) is 19.1 Å². The molecule has 0 bridgehead atoms. The summed E-state index contributed by atoms with van der Waals surface area (Å²) in [7, 11) is 0. The summed E-state index contributed by atoms with van der Waals surface area (Å²) in [5, 5.41) is 0. The van der Waals surface area contributed by atoms with Gasteiger partial charge in [0.15, 0.2) is 4.96 Å². The number of fused-ring (bicyclic) bond motifs is 5. The van der Waals surface area contributed by atoms with Crippen LogP contribution in [0.1, 0.15) is 23.9 Å². The van der Waals surface area contributed by atoms with Gasteiger partial charge < -0.3 is 4.74 Å². The van der Waals surface area contributed by atoms with Gasteiger partial charge >= 0.3 is 5.97 Å². The van der Waals surface area contributed by atoms with Crippen LogP contribution in [0.3, 0.4) is 0 Å². The van der Waals surface area contributed by atoms with Gasteiger partial charge in [0.25, 0.3) is 0 Å². The van der Waals surface area contributed by atoms with Crippen LogP contribution in [0.4, 0.5) is 0 Å². The van der Waals surface area contributed by atoms with Crippen LogP contribution in [0.15, 0.2) is 24.3 Å². The number of carbonyl (C=O) groups is 1. The molecular formula is C17H19N3O2S. The highest BCUT2D eigenvalue weighted by atomic mass is 32.1. The largest absolute Gasteiger partial charge is 0.466 e. The zero-order valence-corrected chi connectivity index (χ0v) is 13.9. The molecule has 0 N–H and O–H groups in total. The Bertz CT molecular complexity index is 867. The van der Waals surface area contributed by atoms with Crippen LogP contribution in [-0.4, -0.2) is 40.0 Å². The number of aromatic nitrogens is 2. The van der Waals surface area contributed by atoms with E-state index in [1.807, 2.05) is 13.0 Å². The Morgan fingerprint density at radius 3 is 3.13 bits per heavy atom. The van der Waals surface area contributed by atoms with Crippen LogP contribution in [0.5, 0.6) is 0 Å². The van der Waals surface area contributed by atoms with Crippen LogP contribution in [0.25, 0.3) is 16.0 Å². The number of ether oxygens (including phenoxy) is 1. The predicted molar refractivity (Wildman–Crippen MR) is 90.8 cm³/mol. The number of imidazole rings is 1. The number of benzene rings is 1. The monoisotopic (exact) mass is 329 g/mol. The van der Waals surface area contributed by atoms with Crippen LogP contribution in [-0.2, 0) is 22.5 Å². The third kappa shape index (κ3) is 2.62. The first-order chi connectivity index (χ1) is 11.3. The second-order valence-electron chi connectivity index (χ2n) is 5.77. The number of esters is 1. The van der Waals surface area contributed by atoms with E-state index in [0.717, 1.165) is 36.5 Å². The number of para-hydroxylation sites is 2. The van der Waals surface area contributed by atoms with E-state index in [0.29, 0.717) is 13.0 Å². The third-order valence-electron chi connectivity index (χ3n) is 4.31. The van der Waals surface area contributed by atoms with Crippen molar-refractivity contribution in [2.24, 2.45) is 0 Å². The molecular weight excluding hydrogens is 310 g/mol. The van der Waals surface area contributed by atoms with Gasteiger partial charge in [-0.15, -0.1) is 0 Å². The first kappa shape index (κ1) is 14.7. The molecule has 1 aliphatic heterocycles. The van der Waals surface area contributed by atoms with Gasteiger partial charge in [-0.25, -0.2) is 4.98 Å². The second kappa shape index (κ2) is 5.94. The van der Waals surface area contributed by atoms with Crippen LogP contribution in [0.2, 0.25) is 0 Å². The lowest BCUT2D eigenvalue weighted by Crippen LogP contribution is -2.32. The highest BCUT2D eigenvalue weighted by molar-refractivity contribution is 7.17. The molecule has 3 aromatic rings. The van der Waals surface area contributed by atoms with E-state index in [2.05, 4.69) is 27.5 Å². The maximum absolute atomic E-state index is 11.5. The Kier molecular flexibility index (Phi) is 3.79. The lowest BCUT2D eigenvalue weighted by Gasteiger charge is -2.26. The van der Waals surface area contributed by atoms with E-state index in [-0.39, 0.29) is 5.97 Å². The van der Waals surface area contributed by atoms with Crippen LogP contribution in [0, 0.1) is 0 Å². The van der Waals surface area contributed by atoms with Crippen molar-refractivity contribution in [2.45, 2.75) is 26.3 Å². The third-order valence-corrected chi connectivity index (χ3v) is 5.37. The van der Waals surface area contributed by atoms with Gasteiger partial charge in [0.05, 0.1) is 24.1 Å². The molecule has 0 unspecified atom stereocenters. The molecule has 4 rings (SSSR count). The Labute approximate surface area is 138 Å². The number of rotatable bonds is 4. The minimum atomic E-state index is -0.106. The zero-order valence-electron chi connectivity index (χ0n) is 13.1. The topological polar surface area (TPSA) is 46.8 Å². The quantitative estimate of drug-likeness (QED) is 0.691. The number of carbonyl (C=O) groups excluding carboxylic acids is 1.